The normalized spacial score (nSPS) is 13.0. The van der Waals surface area contributed by atoms with Crippen molar-refractivity contribution in [3.63, 3.8) is 0 Å². The molecule has 0 amide bonds. The van der Waals surface area contributed by atoms with E-state index < -0.39 is 0 Å². The third kappa shape index (κ3) is 4.42. The summed E-state index contributed by atoms with van der Waals surface area (Å²) in [6, 6.07) is 23.4. The molecule has 0 bridgehead atoms. The third-order valence-corrected chi connectivity index (χ3v) is 4.69. The van der Waals surface area contributed by atoms with Crippen LogP contribution in [0.25, 0.3) is 10.8 Å². The van der Waals surface area contributed by atoms with Gasteiger partial charge in [-0.3, -0.25) is 0 Å². The van der Waals surface area contributed by atoms with Crippen LogP contribution in [0.4, 0.5) is 0 Å². The zero-order valence-corrected chi connectivity index (χ0v) is 15.8. The van der Waals surface area contributed by atoms with Gasteiger partial charge in [0, 0.05) is 5.39 Å². The maximum atomic E-state index is 6.31. The lowest BCUT2D eigenvalue weighted by Crippen LogP contribution is -2.06. The van der Waals surface area contributed by atoms with E-state index in [0.29, 0.717) is 5.41 Å². The minimum Gasteiger partial charge on any atom is -0.485 e. The van der Waals surface area contributed by atoms with Crippen LogP contribution >= 0.6 is 0 Å². The van der Waals surface area contributed by atoms with Gasteiger partial charge in [-0.2, -0.15) is 0 Å². The van der Waals surface area contributed by atoms with E-state index in [1.807, 2.05) is 6.07 Å². The van der Waals surface area contributed by atoms with Crippen LogP contribution in [0.5, 0.6) is 5.75 Å². The monoisotopic (exact) mass is 332 g/mol. The zero-order valence-electron chi connectivity index (χ0n) is 15.8. The van der Waals surface area contributed by atoms with Crippen molar-refractivity contribution in [3.8, 4) is 5.75 Å². The highest BCUT2D eigenvalue weighted by Gasteiger charge is 2.13. The maximum absolute atomic E-state index is 6.31. The molecule has 0 aliphatic rings. The van der Waals surface area contributed by atoms with E-state index in [1.165, 1.54) is 28.3 Å². The first-order chi connectivity index (χ1) is 11.9. The summed E-state index contributed by atoms with van der Waals surface area (Å²) in [6.07, 6.45) is 2.31. The molecule has 0 N–H and O–H groups in total. The van der Waals surface area contributed by atoms with E-state index in [-0.39, 0.29) is 6.10 Å². The molecule has 25 heavy (non-hydrogen) atoms. The fourth-order valence-corrected chi connectivity index (χ4v) is 3.16. The first-order valence-corrected chi connectivity index (χ1v) is 9.16. The van der Waals surface area contributed by atoms with Crippen molar-refractivity contribution >= 4 is 10.8 Å². The van der Waals surface area contributed by atoms with E-state index in [9.17, 15) is 0 Å². The van der Waals surface area contributed by atoms with Crippen LogP contribution < -0.4 is 4.74 Å². The molecule has 130 valence electrons. The number of rotatable bonds is 5. The van der Waals surface area contributed by atoms with E-state index in [0.717, 1.165) is 12.2 Å². The summed E-state index contributed by atoms with van der Waals surface area (Å²) in [7, 11) is 0. The first-order valence-electron chi connectivity index (χ1n) is 9.16. The van der Waals surface area contributed by atoms with Crippen molar-refractivity contribution < 1.29 is 4.74 Å². The lowest BCUT2D eigenvalue weighted by atomic mass is 9.87. The Balaban J connectivity index is 1.89. The molecule has 3 aromatic carbocycles. The van der Waals surface area contributed by atoms with E-state index in [1.54, 1.807) is 0 Å². The third-order valence-electron chi connectivity index (χ3n) is 4.69. The smallest absolute Gasteiger partial charge is 0.128 e. The number of hydrogen-bond acceptors (Lipinski definition) is 1. The minimum atomic E-state index is 0.0324. The summed E-state index contributed by atoms with van der Waals surface area (Å²) < 4.78 is 6.31. The predicted molar refractivity (Wildman–Crippen MR) is 107 cm³/mol. The van der Waals surface area contributed by atoms with Crippen molar-refractivity contribution in [2.24, 2.45) is 5.41 Å². The standard InChI is InChI=1S/C24H28O/c1-18(19-10-6-5-7-11-19)25-23-15-9-13-21-20(12-8-14-22(21)23)16-17-24(2,3)4/h5-15,18H,16-17H2,1-4H3. The summed E-state index contributed by atoms with van der Waals surface area (Å²) >= 11 is 0. The van der Waals surface area contributed by atoms with Gasteiger partial charge in [0.15, 0.2) is 0 Å². The molecular weight excluding hydrogens is 304 g/mol. The van der Waals surface area contributed by atoms with Crippen LogP contribution in [0.1, 0.15) is 51.3 Å². The van der Waals surface area contributed by atoms with Crippen LogP contribution in [0.3, 0.4) is 0 Å². The Labute approximate surface area is 151 Å². The lowest BCUT2D eigenvalue weighted by molar-refractivity contribution is 0.230. The Hall–Kier alpha value is -2.28. The average Bonchev–Trinajstić information content (AvgIpc) is 2.60. The highest BCUT2D eigenvalue weighted by Crippen LogP contribution is 2.33. The van der Waals surface area contributed by atoms with Crippen molar-refractivity contribution in [1.29, 1.82) is 0 Å². The largest absolute Gasteiger partial charge is 0.485 e. The molecule has 0 aromatic heterocycles. The molecular formula is C24H28O. The zero-order chi connectivity index (χ0) is 17.9. The maximum Gasteiger partial charge on any atom is 0.128 e. The topological polar surface area (TPSA) is 9.23 Å². The Morgan fingerprint density at radius 2 is 1.48 bits per heavy atom. The molecule has 0 radical (unpaired) electrons. The van der Waals surface area contributed by atoms with Crippen LogP contribution in [0.2, 0.25) is 0 Å². The van der Waals surface area contributed by atoms with Crippen LogP contribution in [-0.4, -0.2) is 0 Å². The molecule has 0 saturated heterocycles. The highest BCUT2D eigenvalue weighted by molar-refractivity contribution is 5.91. The van der Waals surface area contributed by atoms with E-state index in [4.69, 9.17) is 4.74 Å². The molecule has 0 heterocycles. The van der Waals surface area contributed by atoms with Crippen LogP contribution in [0, 0.1) is 5.41 Å². The van der Waals surface area contributed by atoms with Gasteiger partial charge < -0.3 is 4.74 Å². The van der Waals surface area contributed by atoms with Crippen molar-refractivity contribution in [2.45, 2.75) is 46.6 Å². The molecule has 0 spiro atoms. The molecule has 0 fully saturated rings. The van der Waals surface area contributed by atoms with Gasteiger partial charge in [0.25, 0.3) is 0 Å². The van der Waals surface area contributed by atoms with Gasteiger partial charge in [0.05, 0.1) is 0 Å². The average molecular weight is 332 g/mol. The molecule has 3 aromatic rings. The summed E-state index contributed by atoms with van der Waals surface area (Å²) in [4.78, 5) is 0. The Bertz CT molecular complexity index is 828. The summed E-state index contributed by atoms with van der Waals surface area (Å²) in [6.45, 7) is 9.01. The Morgan fingerprint density at radius 1 is 0.800 bits per heavy atom. The fraction of sp³-hybridized carbons (Fsp3) is 0.333. The molecule has 0 aliphatic carbocycles. The summed E-state index contributed by atoms with van der Waals surface area (Å²) in [5, 5.41) is 2.52. The molecule has 3 rings (SSSR count). The lowest BCUT2D eigenvalue weighted by Gasteiger charge is -2.20. The van der Waals surface area contributed by atoms with Gasteiger partial charge >= 0.3 is 0 Å². The van der Waals surface area contributed by atoms with Gasteiger partial charge in [-0.25, -0.2) is 0 Å². The molecule has 1 unspecified atom stereocenters. The molecule has 1 atom stereocenters. The second-order valence-corrected chi connectivity index (χ2v) is 8.00. The molecule has 1 nitrogen and oxygen atoms in total. The van der Waals surface area contributed by atoms with E-state index >= 15 is 0 Å². The van der Waals surface area contributed by atoms with Gasteiger partial charge in [-0.05, 0) is 47.8 Å². The Kier molecular flexibility index (Phi) is 5.13. The highest BCUT2D eigenvalue weighted by atomic mass is 16.5. The second kappa shape index (κ2) is 7.31. The summed E-state index contributed by atoms with van der Waals surface area (Å²) in [5.74, 6) is 0.964. The molecule has 0 saturated carbocycles. The first kappa shape index (κ1) is 17.5. The number of fused-ring (bicyclic) bond motifs is 1. The van der Waals surface area contributed by atoms with Crippen molar-refractivity contribution in [2.75, 3.05) is 0 Å². The van der Waals surface area contributed by atoms with Crippen LogP contribution in [0.15, 0.2) is 66.7 Å². The second-order valence-electron chi connectivity index (χ2n) is 8.00. The molecule has 1 heteroatoms. The van der Waals surface area contributed by atoms with Gasteiger partial charge in [-0.1, -0.05) is 81.4 Å². The van der Waals surface area contributed by atoms with Gasteiger partial charge in [0.1, 0.15) is 11.9 Å². The van der Waals surface area contributed by atoms with Crippen molar-refractivity contribution in [3.05, 3.63) is 77.9 Å². The predicted octanol–water partition coefficient (Wildman–Crippen LogP) is 6.96. The Morgan fingerprint density at radius 3 is 2.20 bits per heavy atom. The molecule has 0 aliphatic heterocycles. The van der Waals surface area contributed by atoms with Gasteiger partial charge in [0.2, 0.25) is 0 Å². The van der Waals surface area contributed by atoms with Crippen LogP contribution in [-0.2, 0) is 6.42 Å². The SMILES string of the molecule is CC(Oc1cccc2c(CCC(C)(C)C)cccc12)c1ccccc1. The van der Waals surface area contributed by atoms with Crippen molar-refractivity contribution in [1.82, 2.24) is 0 Å². The number of aryl methyl sites for hydroxylation is 1. The number of ether oxygens (including phenoxy) is 1. The number of hydrogen-bond donors (Lipinski definition) is 0. The van der Waals surface area contributed by atoms with Gasteiger partial charge in [-0.15, -0.1) is 0 Å². The minimum absolute atomic E-state index is 0.0324. The number of benzene rings is 3. The van der Waals surface area contributed by atoms with E-state index in [2.05, 4.69) is 88.4 Å². The summed E-state index contributed by atoms with van der Waals surface area (Å²) in [5.41, 5.74) is 2.95. The quantitative estimate of drug-likeness (QED) is 0.491. The fourth-order valence-electron chi connectivity index (χ4n) is 3.16.